The summed E-state index contributed by atoms with van der Waals surface area (Å²) in [5.41, 5.74) is 0.415. The van der Waals surface area contributed by atoms with Crippen LogP contribution in [0, 0.1) is 0 Å². The average Bonchev–Trinajstić information content (AvgIpc) is 2.38. The molecule has 0 heterocycles. The van der Waals surface area contributed by atoms with Gasteiger partial charge in [-0.25, -0.2) is 0 Å². The van der Waals surface area contributed by atoms with E-state index in [1.165, 1.54) is 13.2 Å². The Balaban J connectivity index is 2.76. The van der Waals surface area contributed by atoms with Gasteiger partial charge in [-0.15, -0.1) is 0 Å². The topological polar surface area (TPSA) is 76.0 Å². The Morgan fingerprint density at radius 1 is 1.42 bits per heavy atom. The minimum atomic E-state index is -1.25. The number of aliphatic hydroxyl groups is 2. The van der Waals surface area contributed by atoms with Crippen molar-refractivity contribution < 1.29 is 24.5 Å². The number of ether oxygens (including phenoxy) is 2. The number of aliphatic hydroxyl groups excluding tert-OH is 2. The molecule has 0 aliphatic heterocycles. The molecule has 1 aromatic rings. The molecule has 2 atom stereocenters. The number of hydrogen-bond acceptors (Lipinski definition) is 5. The van der Waals surface area contributed by atoms with Gasteiger partial charge in [-0.05, 0) is 24.6 Å². The quantitative estimate of drug-likeness (QED) is 0.779. The molecule has 0 saturated carbocycles. The highest BCUT2D eigenvalue weighted by atomic mass is 35.5. The Bertz CT molecular complexity index is 435. The van der Waals surface area contributed by atoms with Crippen LogP contribution in [0.1, 0.15) is 25.0 Å². The third-order valence-electron chi connectivity index (χ3n) is 2.56. The van der Waals surface area contributed by atoms with E-state index in [4.69, 9.17) is 21.1 Å². The maximum atomic E-state index is 11.2. The van der Waals surface area contributed by atoms with Crippen molar-refractivity contribution in [2.24, 2.45) is 0 Å². The summed E-state index contributed by atoms with van der Waals surface area (Å²) in [7, 11) is 1.45. The van der Waals surface area contributed by atoms with Gasteiger partial charge in [0.05, 0.1) is 31.3 Å². The number of hydrogen-bond donors (Lipinski definition) is 2. The number of halogens is 1. The van der Waals surface area contributed by atoms with Crippen molar-refractivity contribution in [1.82, 2.24) is 0 Å². The molecular formula is C13H17ClO5. The number of methoxy groups -OCH3 is 1. The third-order valence-corrected chi connectivity index (χ3v) is 2.87. The summed E-state index contributed by atoms with van der Waals surface area (Å²) in [5.74, 6) is -0.170. The third kappa shape index (κ3) is 4.38. The molecular weight excluding hydrogens is 272 g/mol. The van der Waals surface area contributed by atoms with Crippen LogP contribution in [0.15, 0.2) is 18.2 Å². The lowest BCUT2D eigenvalue weighted by Crippen LogP contribution is -2.23. The number of carbonyl (C=O) groups excluding carboxylic acids is 1. The Hall–Kier alpha value is -1.30. The molecule has 0 amide bonds. The molecule has 19 heavy (non-hydrogen) atoms. The molecule has 0 spiro atoms. The highest BCUT2D eigenvalue weighted by Gasteiger charge is 2.22. The molecule has 0 aliphatic carbocycles. The Morgan fingerprint density at radius 2 is 2.11 bits per heavy atom. The Morgan fingerprint density at radius 3 is 2.68 bits per heavy atom. The first kappa shape index (κ1) is 15.8. The predicted molar refractivity (Wildman–Crippen MR) is 70.2 cm³/mol. The zero-order valence-electron chi connectivity index (χ0n) is 10.8. The van der Waals surface area contributed by atoms with Gasteiger partial charge < -0.3 is 19.7 Å². The summed E-state index contributed by atoms with van der Waals surface area (Å²) in [6, 6.07) is 4.63. The number of rotatable bonds is 6. The molecule has 0 bridgehead atoms. The summed E-state index contributed by atoms with van der Waals surface area (Å²) in [5, 5.41) is 20.1. The monoisotopic (exact) mass is 288 g/mol. The molecule has 6 heteroatoms. The fourth-order valence-corrected chi connectivity index (χ4v) is 1.78. The number of benzene rings is 1. The van der Waals surface area contributed by atoms with Crippen LogP contribution in [0.4, 0.5) is 0 Å². The van der Waals surface area contributed by atoms with Crippen molar-refractivity contribution in [2.75, 3.05) is 13.7 Å². The normalized spacial score (nSPS) is 13.7. The molecule has 0 aliphatic rings. The first-order chi connectivity index (χ1) is 8.99. The molecule has 1 aromatic carbocycles. The molecule has 1 rings (SSSR count). The van der Waals surface area contributed by atoms with Crippen LogP contribution < -0.4 is 4.74 Å². The lowest BCUT2D eigenvalue weighted by atomic mass is 10.0. The van der Waals surface area contributed by atoms with E-state index in [0.29, 0.717) is 16.3 Å². The van der Waals surface area contributed by atoms with E-state index >= 15 is 0 Å². The molecule has 2 N–H and O–H groups in total. The van der Waals surface area contributed by atoms with E-state index < -0.39 is 18.2 Å². The summed E-state index contributed by atoms with van der Waals surface area (Å²) in [4.78, 5) is 11.2. The van der Waals surface area contributed by atoms with E-state index in [-0.39, 0.29) is 13.0 Å². The maximum Gasteiger partial charge on any atom is 0.308 e. The van der Waals surface area contributed by atoms with Crippen molar-refractivity contribution in [3.63, 3.8) is 0 Å². The summed E-state index contributed by atoms with van der Waals surface area (Å²) in [6.45, 7) is 1.90. The van der Waals surface area contributed by atoms with Crippen LogP contribution in [0.5, 0.6) is 5.75 Å². The fraction of sp³-hybridized carbons (Fsp3) is 0.462. The zero-order valence-corrected chi connectivity index (χ0v) is 11.6. The molecule has 0 fully saturated rings. The van der Waals surface area contributed by atoms with Crippen LogP contribution in [0.25, 0.3) is 0 Å². The second-order valence-corrected chi connectivity index (χ2v) is 4.32. The maximum absolute atomic E-state index is 11.2. The highest BCUT2D eigenvalue weighted by molar-refractivity contribution is 6.32. The minimum absolute atomic E-state index is 0.233. The molecule has 5 nitrogen and oxygen atoms in total. The van der Waals surface area contributed by atoms with Gasteiger partial charge in [0.25, 0.3) is 0 Å². The standard InChI is InChI=1S/C13H17ClO5/c1-3-19-12(16)7-10(15)13(17)8-4-5-9(14)11(6-8)18-2/h4-6,10,13,15,17H,3,7H2,1-2H3. The van der Waals surface area contributed by atoms with Gasteiger partial charge in [-0.2, -0.15) is 0 Å². The van der Waals surface area contributed by atoms with Crippen LogP contribution in [-0.4, -0.2) is 36.0 Å². The SMILES string of the molecule is CCOC(=O)CC(O)C(O)c1ccc(Cl)c(OC)c1. The van der Waals surface area contributed by atoms with Crippen LogP contribution in [-0.2, 0) is 9.53 Å². The van der Waals surface area contributed by atoms with Gasteiger partial charge in [-0.3, -0.25) is 4.79 Å². The van der Waals surface area contributed by atoms with Crippen LogP contribution >= 0.6 is 11.6 Å². The lowest BCUT2D eigenvalue weighted by molar-refractivity contribution is -0.147. The average molecular weight is 289 g/mol. The second kappa shape index (κ2) is 7.33. The van der Waals surface area contributed by atoms with Gasteiger partial charge >= 0.3 is 5.97 Å². The minimum Gasteiger partial charge on any atom is -0.495 e. The second-order valence-electron chi connectivity index (χ2n) is 3.92. The lowest BCUT2D eigenvalue weighted by Gasteiger charge is -2.18. The Labute approximate surface area is 116 Å². The van der Waals surface area contributed by atoms with Crippen molar-refractivity contribution in [2.45, 2.75) is 25.6 Å². The number of esters is 1. The first-order valence-corrected chi connectivity index (χ1v) is 6.22. The summed E-state index contributed by atoms with van der Waals surface area (Å²) in [6.07, 6.45) is -2.74. The van der Waals surface area contributed by atoms with Crippen LogP contribution in [0.2, 0.25) is 5.02 Å². The van der Waals surface area contributed by atoms with Gasteiger partial charge in [0.1, 0.15) is 11.9 Å². The van der Waals surface area contributed by atoms with Crippen LogP contribution in [0.3, 0.4) is 0 Å². The predicted octanol–water partition coefficient (Wildman–Crippen LogP) is 1.70. The highest BCUT2D eigenvalue weighted by Crippen LogP contribution is 2.29. The van der Waals surface area contributed by atoms with E-state index in [1.54, 1.807) is 19.1 Å². The zero-order chi connectivity index (χ0) is 14.4. The summed E-state index contributed by atoms with van der Waals surface area (Å²) >= 11 is 5.86. The molecule has 0 aromatic heterocycles. The van der Waals surface area contributed by atoms with Gasteiger partial charge in [0.2, 0.25) is 0 Å². The molecule has 0 saturated heterocycles. The molecule has 2 unspecified atom stereocenters. The Kier molecular flexibility index (Phi) is 6.08. The largest absolute Gasteiger partial charge is 0.495 e. The van der Waals surface area contributed by atoms with Gasteiger partial charge in [0.15, 0.2) is 0 Å². The smallest absolute Gasteiger partial charge is 0.308 e. The fourth-order valence-electron chi connectivity index (χ4n) is 1.58. The van der Waals surface area contributed by atoms with Crippen molar-refractivity contribution in [1.29, 1.82) is 0 Å². The van der Waals surface area contributed by atoms with Crippen molar-refractivity contribution in [3.05, 3.63) is 28.8 Å². The molecule has 0 radical (unpaired) electrons. The molecule has 106 valence electrons. The van der Waals surface area contributed by atoms with Gasteiger partial charge in [0, 0.05) is 0 Å². The van der Waals surface area contributed by atoms with E-state index in [9.17, 15) is 15.0 Å². The van der Waals surface area contributed by atoms with Gasteiger partial charge in [-0.1, -0.05) is 17.7 Å². The van der Waals surface area contributed by atoms with E-state index in [0.717, 1.165) is 0 Å². The number of carbonyl (C=O) groups is 1. The van der Waals surface area contributed by atoms with Crippen molar-refractivity contribution >= 4 is 17.6 Å². The van der Waals surface area contributed by atoms with E-state index in [1.807, 2.05) is 0 Å². The first-order valence-electron chi connectivity index (χ1n) is 5.84. The van der Waals surface area contributed by atoms with E-state index in [2.05, 4.69) is 0 Å². The summed E-state index contributed by atoms with van der Waals surface area (Å²) < 4.78 is 9.73. The van der Waals surface area contributed by atoms with Crippen molar-refractivity contribution in [3.8, 4) is 5.75 Å².